The molecular weight excluding hydrogens is 295 g/mol. The van der Waals surface area contributed by atoms with Gasteiger partial charge in [0.25, 0.3) is 0 Å². The number of nitrogens with two attached hydrogens (primary N) is 1. The van der Waals surface area contributed by atoms with E-state index < -0.39 is 15.8 Å². The van der Waals surface area contributed by atoms with E-state index in [1.807, 2.05) is 0 Å². The molecule has 0 aliphatic heterocycles. The second kappa shape index (κ2) is 6.53. The maximum Gasteiger partial charge on any atom is 0.238 e. The van der Waals surface area contributed by atoms with E-state index in [-0.39, 0.29) is 16.5 Å². The zero-order valence-corrected chi connectivity index (χ0v) is 12.5. The minimum atomic E-state index is -4.00. The summed E-state index contributed by atoms with van der Waals surface area (Å²) >= 11 is 0. The second-order valence-electron chi connectivity index (χ2n) is 5.46. The highest BCUT2D eigenvalue weighted by Gasteiger charge is 2.17. The normalized spacial score (nSPS) is 16.1. The van der Waals surface area contributed by atoms with Crippen molar-refractivity contribution in [3.8, 4) is 0 Å². The van der Waals surface area contributed by atoms with Crippen molar-refractivity contribution in [3.63, 3.8) is 0 Å². The molecule has 0 radical (unpaired) electrons. The highest BCUT2D eigenvalue weighted by atomic mass is 32.2. The van der Waals surface area contributed by atoms with Crippen LogP contribution in [-0.4, -0.2) is 14.3 Å². The van der Waals surface area contributed by atoms with E-state index in [1.54, 1.807) is 0 Å². The molecule has 1 aromatic rings. The quantitative estimate of drug-likeness (QED) is 0.874. The van der Waals surface area contributed by atoms with Gasteiger partial charge in [-0.05, 0) is 30.5 Å². The fourth-order valence-electron chi connectivity index (χ4n) is 2.66. The zero-order valence-electron chi connectivity index (χ0n) is 11.6. The number of sulfonamides is 1. The van der Waals surface area contributed by atoms with Crippen LogP contribution in [0.5, 0.6) is 0 Å². The highest BCUT2D eigenvalue weighted by molar-refractivity contribution is 7.89. The molecule has 1 aromatic carbocycles. The molecule has 116 valence electrons. The summed E-state index contributed by atoms with van der Waals surface area (Å²) in [6.07, 6.45) is 5.91. The standard InChI is InChI=1S/C14H19FN2O3S/c15-11-7-12(9-13(8-11)21(16,19)20)17-14(18)6-5-10-3-1-2-4-10/h7-10H,1-6H2,(H,17,18)(H2,16,19,20). The van der Waals surface area contributed by atoms with Gasteiger partial charge in [-0.15, -0.1) is 0 Å². The molecule has 1 saturated carbocycles. The van der Waals surface area contributed by atoms with Gasteiger partial charge in [0.2, 0.25) is 15.9 Å². The van der Waals surface area contributed by atoms with Gasteiger partial charge in [0.05, 0.1) is 4.90 Å². The number of carbonyl (C=O) groups is 1. The number of amides is 1. The van der Waals surface area contributed by atoms with Gasteiger partial charge in [-0.25, -0.2) is 17.9 Å². The summed E-state index contributed by atoms with van der Waals surface area (Å²) in [5, 5.41) is 7.48. The molecule has 1 amide bonds. The van der Waals surface area contributed by atoms with Gasteiger partial charge in [0, 0.05) is 12.1 Å². The molecule has 1 fully saturated rings. The third-order valence-electron chi connectivity index (χ3n) is 3.74. The van der Waals surface area contributed by atoms with Crippen molar-refractivity contribution in [2.45, 2.75) is 43.4 Å². The smallest absolute Gasteiger partial charge is 0.238 e. The Morgan fingerprint density at radius 3 is 2.57 bits per heavy atom. The maximum atomic E-state index is 13.4. The lowest BCUT2D eigenvalue weighted by molar-refractivity contribution is -0.116. The molecule has 0 bridgehead atoms. The lowest BCUT2D eigenvalue weighted by Crippen LogP contribution is -2.15. The molecule has 2 rings (SSSR count). The first-order chi connectivity index (χ1) is 9.84. The Labute approximate surface area is 123 Å². The van der Waals surface area contributed by atoms with E-state index in [0.29, 0.717) is 12.3 Å². The molecule has 0 spiro atoms. The number of carbonyl (C=O) groups excluding carboxylic acids is 1. The van der Waals surface area contributed by atoms with Crippen LogP contribution in [0.15, 0.2) is 23.1 Å². The number of primary sulfonamides is 1. The van der Waals surface area contributed by atoms with Gasteiger partial charge in [-0.2, -0.15) is 0 Å². The first-order valence-corrected chi connectivity index (χ1v) is 8.52. The Bertz CT molecular complexity index is 625. The highest BCUT2D eigenvalue weighted by Crippen LogP contribution is 2.28. The molecule has 7 heteroatoms. The van der Waals surface area contributed by atoms with Gasteiger partial charge in [-0.1, -0.05) is 25.7 Å². The number of hydrogen-bond donors (Lipinski definition) is 2. The van der Waals surface area contributed by atoms with Gasteiger partial charge >= 0.3 is 0 Å². The summed E-state index contributed by atoms with van der Waals surface area (Å²) in [7, 11) is -4.00. The SMILES string of the molecule is NS(=O)(=O)c1cc(F)cc(NC(=O)CCC2CCCC2)c1. The first-order valence-electron chi connectivity index (χ1n) is 6.98. The predicted octanol–water partition coefficient (Wildman–Crippen LogP) is 2.38. The molecule has 21 heavy (non-hydrogen) atoms. The lowest BCUT2D eigenvalue weighted by Gasteiger charge is -2.10. The first kappa shape index (κ1) is 15.9. The monoisotopic (exact) mass is 314 g/mol. The van der Waals surface area contributed by atoms with Crippen molar-refractivity contribution in [2.75, 3.05) is 5.32 Å². The molecule has 1 aliphatic rings. The minimum absolute atomic E-state index is 0.107. The molecule has 1 aliphatic carbocycles. The second-order valence-corrected chi connectivity index (χ2v) is 7.02. The van der Waals surface area contributed by atoms with Crippen LogP contribution in [-0.2, 0) is 14.8 Å². The Hall–Kier alpha value is -1.47. The van der Waals surface area contributed by atoms with Gasteiger partial charge in [0.15, 0.2) is 0 Å². The summed E-state index contributed by atoms with van der Waals surface area (Å²) in [6.45, 7) is 0. The van der Waals surface area contributed by atoms with E-state index in [4.69, 9.17) is 5.14 Å². The number of anilines is 1. The van der Waals surface area contributed by atoms with Crippen LogP contribution in [0.25, 0.3) is 0 Å². The van der Waals surface area contributed by atoms with Gasteiger partial charge < -0.3 is 5.32 Å². The van der Waals surface area contributed by atoms with Crippen molar-refractivity contribution in [3.05, 3.63) is 24.0 Å². The van der Waals surface area contributed by atoms with E-state index >= 15 is 0 Å². The fourth-order valence-corrected chi connectivity index (χ4v) is 3.22. The molecule has 5 nitrogen and oxygen atoms in total. The summed E-state index contributed by atoms with van der Waals surface area (Å²) in [5.41, 5.74) is 0.107. The average molecular weight is 314 g/mol. The largest absolute Gasteiger partial charge is 0.326 e. The molecular formula is C14H19FN2O3S. The van der Waals surface area contributed by atoms with Crippen molar-refractivity contribution >= 4 is 21.6 Å². The number of benzene rings is 1. The summed E-state index contributed by atoms with van der Waals surface area (Å²) in [6, 6.07) is 3.05. The van der Waals surface area contributed by atoms with E-state index in [1.165, 1.54) is 12.8 Å². The van der Waals surface area contributed by atoms with Crippen LogP contribution in [0.1, 0.15) is 38.5 Å². The van der Waals surface area contributed by atoms with E-state index in [9.17, 15) is 17.6 Å². The average Bonchev–Trinajstić information content (AvgIpc) is 2.87. The van der Waals surface area contributed by atoms with Gasteiger partial charge in [0.1, 0.15) is 5.82 Å². The molecule has 0 aromatic heterocycles. The Balaban J connectivity index is 1.98. The van der Waals surface area contributed by atoms with E-state index in [0.717, 1.165) is 37.5 Å². The van der Waals surface area contributed by atoms with Crippen LogP contribution in [0.3, 0.4) is 0 Å². The number of nitrogens with one attached hydrogen (secondary N) is 1. The molecule has 0 saturated heterocycles. The molecule has 0 unspecified atom stereocenters. The fraction of sp³-hybridized carbons (Fsp3) is 0.500. The summed E-state index contributed by atoms with van der Waals surface area (Å²) in [5.74, 6) is -0.413. The molecule has 3 N–H and O–H groups in total. The summed E-state index contributed by atoms with van der Waals surface area (Å²) in [4.78, 5) is 11.5. The number of rotatable bonds is 5. The van der Waals surface area contributed by atoms with Crippen molar-refractivity contribution in [1.29, 1.82) is 0 Å². The molecule has 0 atom stereocenters. The number of hydrogen-bond acceptors (Lipinski definition) is 3. The van der Waals surface area contributed by atoms with Crippen LogP contribution in [0.2, 0.25) is 0 Å². The molecule has 0 heterocycles. The Morgan fingerprint density at radius 2 is 1.95 bits per heavy atom. The Kier molecular flexibility index (Phi) is 4.95. The van der Waals surface area contributed by atoms with Crippen LogP contribution < -0.4 is 10.5 Å². The van der Waals surface area contributed by atoms with Crippen LogP contribution >= 0.6 is 0 Å². The van der Waals surface area contributed by atoms with Crippen LogP contribution in [0.4, 0.5) is 10.1 Å². The third kappa shape index (κ3) is 4.78. The topological polar surface area (TPSA) is 89.3 Å². The third-order valence-corrected chi connectivity index (χ3v) is 4.63. The predicted molar refractivity (Wildman–Crippen MR) is 77.6 cm³/mol. The number of halogens is 1. The summed E-state index contributed by atoms with van der Waals surface area (Å²) < 4.78 is 35.8. The van der Waals surface area contributed by atoms with Gasteiger partial charge in [-0.3, -0.25) is 4.79 Å². The van der Waals surface area contributed by atoms with Crippen molar-refractivity contribution in [1.82, 2.24) is 0 Å². The van der Waals surface area contributed by atoms with Crippen LogP contribution in [0, 0.1) is 11.7 Å². The lowest BCUT2D eigenvalue weighted by atomic mass is 10.0. The van der Waals surface area contributed by atoms with E-state index in [2.05, 4.69) is 5.32 Å². The maximum absolute atomic E-state index is 13.4. The zero-order chi connectivity index (χ0) is 15.5. The van der Waals surface area contributed by atoms with Crippen molar-refractivity contribution in [2.24, 2.45) is 11.1 Å². The minimum Gasteiger partial charge on any atom is -0.326 e. The van der Waals surface area contributed by atoms with Crippen molar-refractivity contribution < 1.29 is 17.6 Å². The Morgan fingerprint density at radius 1 is 1.29 bits per heavy atom.